The van der Waals surface area contributed by atoms with Crippen molar-refractivity contribution >= 4 is 5.90 Å². The summed E-state index contributed by atoms with van der Waals surface area (Å²) in [4.78, 5) is 5.24. The van der Waals surface area contributed by atoms with Gasteiger partial charge in [-0.1, -0.05) is 6.07 Å². The summed E-state index contributed by atoms with van der Waals surface area (Å²) in [5, 5.41) is 19.7. The maximum absolute atomic E-state index is 12.9. The van der Waals surface area contributed by atoms with Crippen LogP contribution >= 0.6 is 0 Å². The van der Waals surface area contributed by atoms with Gasteiger partial charge < -0.3 is 9.84 Å². The van der Waals surface area contributed by atoms with Crippen molar-refractivity contribution in [1.29, 1.82) is 0 Å². The zero-order valence-electron chi connectivity index (χ0n) is 14.0. The number of halogens is 4. The third kappa shape index (κ3) is 4.58. The van der Waals surface area contributed by atoms with E-state index in [1.807, 2.05) is 0 Å². The van der Waals surface area contributed by atoms with Crippen LogP contribution < -0.4 is 14.6 Å². The molecule has 28 heavy (non-hydrogen) atoms. The molecule has 0 atom stereocenters. The second-order valence-electron chi connectivity index (χ2n) is 5.45. The van der Waals surface area contributed by atoms with Crippen LogP contribution in [0.25, 0.3) is 11.3 Å². The fourth-order valence-electron chi connectivity index (χ4n) is 2.12. The molecule has 0 aliphatic carbocycles. The van der Waals surface area contributed by atoms with Crippen LogP contribution in [0.1, 0.15) is 5.56 Å². The summed E-state index contributed by atoms with van der Waals surface area (Å²) in [6.07, 6.45) is -4.23. The Morgan fingerprint density at radius 1 is 1.11 bits per heavy atom. The molecule has 1 aromatic carbocycles. The standard InChI is InChI=1S/C18H12F4N4O2/c19-17(20)18(21,22)28-14-6-3-12(4-7-14)15-8-5-13(11-23-15)16(27)25-26-10-2-1-9-24-26/h1-11,17H. The van der Waals surface area contributed by atoms with E-state index in [1.165, 1.54) is 42.9 Å². The number of hydrogen-bond donors (Lipinski definition) is 0. The summed E-state index contributed by atoms with van der Waals surface area (Å²) in [6.45, 7) is 0. The molecule has 0 N–H and O–H groups in total. The third-order valence-electron chi connectivity index (χ3n) is 3.46. The molecule has 10 heteroatoms. The van der Waals surface area contributed by atoms with E-state index in [1.54, 1.807) is 12.1 Å². The molecule has 0 radical (unpaired) electrons. The Bertz CT molecular complexity index is 950. The molecule has 3 aromatic rings. The van der Waals surface area contributed by atoms with Gasteiger partial charge in [0.2, 0.25) is 6.20 Å². The van der Waals surface area contributed by atoms with Gasteiger partial charge in [-0.15, -0.1) is 0 Å². The van der Waals surface area contributed by atoms with Crippen molar-refractivity contribution in [2.24, 2.45) is 5.10 Å². The largest absolute Gasteiger partial charge is 0.854 e. The molecular formula is C18H12F4N4O2. The number of pyridine rings is 1. The summed E-state index contributed by atoms with van der Waals surface area (Å²) in [5.74, 6) is -0.965. The highest BCUT2D eigenvalue weighted by Crippen LogP contribution is 2.29. The van der Waals surface area contributed by atoms with Gasteiger partial charge in [0, 0.05) is 33.6 Å². The van der Waals surface area contributed by atoms with Gasteiger partial charge in [-0.05, 0) is 36.4 Å². The van der Waals surface area contributed by atoms with Crippen molar-refractivity contribution in [2.45, 2.75) is 12.5 Å². The lowest BCUT2D eigenvalue weighted by Crippen LogP contribution is -2.36. The monoisotopic (exact) mass is 392 g/mol. The lowest BCUT2D eigenvalue weighted by molar-refractivity contribution is -0.739. The van der Waals surface area contributed by atoms with E-state index in [2.05, 4.69) is 19.9 Å². The van der Waals surface area contributed by atoms with E-state index < -0.39 is 24.2 Å². The minimum absolute atomic E-state index is 0.221. The predicted molar refractivity (Wildman–Crippen MR) is 87.6 cm³/mol. The Hall–Kier alpha value is -3.56. The van der Waals surface area contributed by atoms with Crippen LogP contribution in [0.15, 0.2) is 72.2 Å². The number of benzene rings is 1. The number of nitrogens with zero attached hydrogens (tertiary/aromatic N) is 4. The van der Waals surface area contributed by atoms with Crippen molar-refractivity contribution < 1.29 is 32.2 Å². The van der Waals surface area contributed by atoms with Crippen LogP contribution in [0.4, 0.5) is 17.6 Å². The molecule has 0 saturated carbocycles. The molecule has 0 saturated heterocycles. The fraction of sp³-hybridized carbons (Fsp3) is 0.111. The van der Waals surface area contributed by atoms with Gasteiger partial charge in [0.15, 0.2) is 0 Å². The van der Waals surface area contributed by atoms with Crippen molar-refractivity contribution in [3.05, 3.63) is 72.7 Å². The van der Waals surface area contributed by atoms with Crippen molar-refractivity contribution in [3.8, 4) is 17.0 Å². The lowest BCUT2D eigenvalue weighted by atomic mass is 10.1. The number of hydrogen-bond acceptors (Lipinski definition) is 5. The SMILES string of the molecule is [O-]C(=N[n+]1ccccn1)c1ccc(-c2ccc(OC(F)(F)C(F)F)cc2)nc1. The summed E-state index contributed by atoms with van der Waals surface area (Å²) >= 11 is 0. The van der Waals surface area contributed by atoms with Crippen molar-refractivity contribution in [2.75, 3.05) is 0 Å². The normalized spacial score (nSPS) is 12.2. The predicted octanol–water partition coefficient (Wildman–Crippen LogP) is 2.24. The van der Waals surface area contributed by atoms with E-state index in [0.717, 1.165) is 16.9 Å². The number of ether oxygens (including phenoxy) is 1. The molecule has 0 spiro atoms. The molecule has 0 fully saturated rings. The van der Waals surface area contributed by atoms with Gasteiger partial charge in [-0.25, -0.2) is 0 Å². The molecule has 2 heterocycles. The van der Waals surface area contributed by atoms with Crippen LogP contribution in [0.3, 0.4) is 0 Å². The lowest BCUT2D eigenvalue weighted by Gasteiger charge is -2.16. The Kier molecular flexibility index (Phi) is 5.48. The van der Waals surface area contributed by atoms with E-state index in [-0.39, 0.29) is 5.56 Å². The van der Waals surface area contributed by atoms with Gasteiger partial charge in [0.25, 0.3) is 0 Å². The first-order chi connectivity index (χ1) is 13.3. The zero-order valence-corrected chi connectivity index (χ0v) is 14.0. The van der Waals surface area contributed by atoms with Crippen LogP contribution in [0, 0.1) is 0 Å². The number of aromatic nitrogens is 3. The Balaban J connectivity index is 1.74. The van der Waals surface area contributed by atoms with Crippen LogP contribution in [-0.4, -0.2) is 28.5 Å². The third-order valence-corrected chi connectivity index (χ3v) is 3.46. The molecule has 6 nitrogen and oxygen atoms in total. The maximum Gasteiger partial charge on any atom is 0.461 e. The van der Waals surface area contributed by atoms with Gasteiger partial charge in [-0.2, -0.15) is 17.6 Å². The van der Waals surface area contributed by atoms with E-state index in [4.69, 9.17) is 0 Å². The average Bonchev–Trinajstić information content (AvgIpc) is 2.69. The van der Waals surface area contributed by atoms with Gasteiger partial charge in [0.1, 0.15) is 5.75 Å². The van der Waals surface area contributed by atoms with Crippen molar-refractivity contribution in [1.82, 2.24) is 10.1 Å². The molecule has 0 aliphatic rings. The van der Waals surface area contributed by atoms with E-state index in [0.29, 0.717) is 11.3 Å². The smallest absolute Gasteiger partial charge is 0.461 e. The molecule has 144 valence electrons. The van der Waals surface area contributed by atoms with Crippen LogP contribution in [-0.2, 0) is 0 Å². The first-order valence-corrected chi connectivity index (χ1v) is 7.86. The van der Waals surface area contributed by atoms with Gasteiger partial charge >= 0.3 is 12.5 Å². The molecular weight excluding hydrogens is 380 g/mol. The summed E-state index contributed by atoms with van der Waals surface area (Å²) in [5.41, 5.74) is 1.18. The summed E-state index contributed by atoms with van der Waals surface area (Å²) in [6, 6.07) is 11.4. The second kappa shape index (κ2) is 7.99. The van der Waals surface area contributed by atoms with Gasteiger partial charge in [0.05, 0.1) is 22.6 Å². The number of alkyl halides is 4. The van der Waals surface area contributed by atoms with E-state index >= 15 is 0 Å². The first-order valence-electron chi connectivity index (χ1n) is 7.86. The Labute approximate surface area is 156 Å². The minimum Gasteiger partial charge on any atom is -0.854 e. The van der Waals surface area contributed by atoms with Crippen LogP contribution in [0.5, 0.6) is 5.75 Å². The quantitative estimate of drug-likeness (QED) is 0.279. The van der Waals surface area contributed by atoms with Crippen LogP contribution in [0.2, 0.25) is 0 Å². The van der Waals surface area contributed by atoms with E-state index in [9.17, 15) is 22.7 Å². The molecule has 0 aliphatic heterocycles. The Morgan fingerprint density at radius 2 is 1.86 bits per heavy atom. The number of rotatable bonds is 6. The highest BCUT2D eigenvalue weighted by Gasteiger charge is 2.43. The topological polar surface area (TPSA) is 74.3 Å². The average molecular weight is 392 g/mol. The molecule has 3 rings (SSSR count). The zero-order chi connectivity index (χ0) is 20.1. The molecule has 0 amide bonds. The molecule has 0 bridgehead atoms. The molecule has 0 unspecified atom stereocenters. The molecule has 2 aromatic heterocycles. The minimum atomic E-state index is -4.57. The first kappa shape index (κ1) is 19.2. The second-order valence-corrected chi connectivity index (χ2v) is 5.45. The highest BCUT2D eigenvalue weighted by atomic mass is 19.3. The summed E-state index contributed by atoms with van der Waals surface area (Å²) in [7, 11) is 0. The fourth-order valence-corrected chi connectivity index (χ4v) is 2.12. The van der Waals surface area contributed by atoms with Crippen molar-refractivity contribution in [3.63, 3.8) is 0 Å². The highest BCUT2D eigenvalue weighted by molar-refractivity contribution is 5.90. The summed E-state index contributed by atoms with van der Waals surface area (Å²) < 4.78 is 54.1. The Morgan fingerprint density at radius 3 is 2.43 bits per heavy atom. The van der Waals surface area contributed by atoms with Gasteiger partial charge in [-0.3, -0.25) is 4.98 Å². The maximum atomic E-state index is 12.9.